The fourth-order valence-electron chi connectivity index (χ4n) is 3.49. The Morgan fingerprint density at radius 3 is 2.14 bits per heavy atom. The van der Waals surface area contributed by atoms with E-state index < -0.39 is 28.0 Å². The van der Waals surface area contributed by atoms with Gasteiger partial charge in [-0.2, -0.15) is 0 Å². The predicted octanol–water partition coefficient (Wildman–Crippen LogP) is 4.85. The fraction of sp³-hybridized carbons (Fsp3) is 0.111. The largest absolute Gasteiger partial charge is 0.449 e. The zero-order valence-electron chi connectivity index (χ0n) is 19.2. The Hall–Kier alpha value is -4.17. The van der Waals surface area contributed by atoms with E-state index in [1.165, 1.54) is 42.5 Å². The van der Waals surface area contributed by atoms with Crippen molar-refractivity contribution in [1.29, 1.82) is 0 Å². The topological polar surface area (TPSA) is 92.8 Å². The van der Waals surface area contributed by atoms with Crippen molar-refractivity contribution in [2.75, 3.05) is 16.7 Å². The van der Waals surface area contributed by atoms with Crippen LogP contribution in [0.3, 0.4) is 0 Å². The van der Waals surface area contributed by atoms with E-state index in [0.717, 1.165) is 10.8 Å². The van der Waals surface area contributed by atoms with E-state index in [4.69, 9.17) is 4.74 Å². The lowest BCUT2D eigenvalue weighted by Gasteiger charge is -2.19. The Kier molecular flexibility index (Phi) is 6.84. The highest BCUT2D eigenvalue weighted by Gasteiger charge is 2.23. The van der Waals surface area contributed by atoms with Crippen LogP contribution in [0, 0.1) is 0 Å². The maximum atomic E-state index is 12.9. The molecule has 35 heavy (non-hydrogen) atoms. The number of benzene rings is 4. The van der Waals surface area contributed by atoms with Gasteiger partial charge in [0.25, 0.3) is 15.9 Å². The van der Waals surface area contributed by atoms with Crippen LogP contribution in [0.4, 0.5) is 11.4 Å². The van der Waals surface area contributed by atoms with Crippen LogP contribution in [0.2, 0.25) is 0 Å². The third kappa shape index (κ3) is 5.33. The van der Waals surface area contributed by atoms with Gasteiger partial charge in [-0.05, 0) is 66.2 Å². The number of carbonyl (C=O) groups is 2. The number of ether oxygens (including phenoxy) is 1. The van der Waals surface area contributed by atoms with Crippen LogP contribution in [-0.2, 0) is 19.6 Å². The van der Waals surface area contributed by atoms with Gasteiger partial charge in [0, 0.05) is 12.7 Å². The van der Waals surface area contributed by atoms with Gasteiger partial charge in [-0.25, -0.2) is 13.2 Å². The van der Waals surface area contributed by atoms with Crippen molar-refractivity contribution in [3.63, 3.8) is 0 Å². The van der Waals surface area contributed by atoms with Crippen molar-refractivity contribution in [1.82, 2.24) is 0 Å². The molecule has 0 aliphatic rings. The number of amides is 1. The number of anilines is 2. The number of rotatable bonds is 7. The summed E-state index contributed by atoms with van der Waals surface area (Å²) in [6, 6.07) is 27.3. The third-order valence-corrected chi connectivity index (χ3v) is 7.34. The average molecular weight is 489 g/mol. The number of sulfonamides is 1. The second kappa shape index (κ2) is 9.99. The Balaban J connectivity index is 1.40. The quantitative estimate of drug-likeness (QED) is 0.376. The monoisotopic (exact) mass is 488 g/mol. The predicted molar refractivity (Wildman–Crippen MR) is 136 cm³/mol. The van der Waals surface area contributed by atoms with Gasteiger partial charge in [-0.3, -0.25) is 9.10 Å². The van der Waals surface area contributed by atoms with E-state index >= 15 is 0 Å². The second-order valence-electron chi connectivity index (χ2n) is 7.93. The summed E-state index contributed by atoms with van der Waals surface area (Å²) in [5.41, 5.74) is 1.24. The van der Waals surface area contributed by atoms with Crippen LogP contribution in [0.15, 0.2) is 102 Å². The first-order valence-corrected chi connectivity index (χ1v) is 12.3. The first kappa shape index (κ1) is 24.0. The van der Waals surface area contributed by atoms with Gasteiger partial charge >= 0.3 is 5.97 Å². The van der Waals surface area contributed by atoms with Gasteiger partial charge < -0.3 is 10.1 Å². The van der Waals surface area contributed by atoms with Gasteiger partial charge in [-0.15, -0.1) is 0 Å². The molecule has 0 bridgehead atoms. The zero-order valence-corrected chi connectivity index (χ0v) is 20.0. The Labute approximate surface area is 204 Å². The number of nitrogens with zero attached hydrogens (tertiary/aromatic N) is 1. The smallest absolute Gasteiger partial charge is 0.338 e. The van der Waals surface area contributed by atoms with Crippen molar-refractivity contribution >= 4 is 44.0 Å². The van der Waals surface area contributed by atoms with Gasteiger partial charge in [0.1, 0.15) is 0 Å². The highest BCUT2D eigenvalue weighted by atomic mass is 32.2. The average Bonchev–Trinajstić information content (AvgIpc) is 2.88. The normalized spacial score (nSPS) is 12.1. The van der Waals surface area contributed by atoms with E-state index in [1.807, 2.05) is 36.4 Å². The Bertz CT molecular complexity index is 1470. The van der Waals surface area contributed by atoms with E-state index in [1.54, 1.807) is 36.4 Å². The summed E-state index contributed by atoms with van der Waals surface area (Å²) in [7, 11) is -2.34. The second-order valence-corrected chi connectivity index (χ2v) is 9.90. The molecule has 0 heterocycles. The molecule has 4 rings (SSSR count). The molecule has 0 saturated carbocycles. The molecule has 0 aliphatic carbocycles. The van der Waals surface area contributed by atoms with Crippen molar-refractivity contribution in [3.05, 3.63) is 103 Å². The first-order valence-electron chi connectivity index (χ1n) is 10.9. The number of carbonyl (C=O) groups excluding carboxylic acids is 2. The lowest BCUT2D eigenvalue weighted by molar-refractivity contribution is -0.123. The molecule has 0 fully saturated rings. The standard InChI is InChI=1S/C27H24N2O5S/c1-19(26(30)28-23-15-12-20-8-6-7-9-22(20)18-23)34-27(31)21-13-16-25(17-14-21)35(32,33)29(2)24-10-4-3-5-11-24/h3-19H,1-2H3,(H,28,30)/t19-/m1/s1. The van der Waals surface area contributed by atoms with E-state index in [-0.39, 0.29) is 10.5 Å². The Morgan fingerprint density at radius 2 is 1.46 bits per heavy atom. The van der Waals surface area contributed by atoms with Crippen LogP contribution < -0.4 is 9.62 Å². The van der Waals surface area contributed by atoms with Crippen molar-refractivity contribution in [2.24, 2.45) is 0 Å². The molecule has 0 saturated heterocycles. The van der Waals surface area contributed by atoms with Gasteiger partial charge in [0.05, 0.1) is 16.1 Å². The number of fused-ring (bicyclic) bond motifs is 1. The van der Waals surface area contributed by atoms with Crippen molar-refractivity contribution in [2.45, 2.75) is 17.9 Å². The summed E-state index contributed by atoms with van der Waals surface area (Å²) in [6.07, 6.45) is -1.05. The minimum absolute atomic E-state index is 0.0301. The van der Waals surface area contributed by atoms with Gasteiger partial charge in [0.15, 0.2) is 6.10 Å². The number of hydrogen-bond donors (Lipinski definition) is 1. The number of para-hydroxylation sites is 1. The lowest BCUT2D eigenvalue weighted by atomic mass is 10.1. The van der Waals surface area contributed by atoms with Crippen LogP contribution >= 0.6 is 0 Å². The maximum absolute atomic E-state index is 12.9. The van der Waals surface area contributed by atoms with Crippen LogP contribution in [0.25, 0.3) is 10.8 Å². The lowest BCUT2D eigenvalue weighted by Crippen LogP contribution is -2.30. The molecule has 0 aliphatic heterocycles. The number of hydrogen-bond acceptors (Lipinski definition) is 5. The minimum Gasteiger partial charge on any atom is -0.449 e. The summed E-state index contributed by atoms with van der Waals surface area (Å²) in [4.78, 5) is 25.1. The molecule has 178 valence electrons. The van der Waals surface area contributed by atoms with Crippen molar-refractivity contribution < 1.29 is 22.7 Å². The summed E-state index contributed by atoms with van der Waals surface area (Å²) in [6.45, 7) is 1.47. The molecule has 0 aromatic heterocycles. The maximum Gasteiger partial charge on any atom is 0.338 e. The molecule has 8 heteroatoms. The van der Waals surface area contributed by atoms with Crippen LogP contribution in [-0.4, -0.2) is 33.4 Å². The summed E-state index contributed by atoms with van der Waals surface area (Å²) in [5.74, 6) is -1.20. The molecular formula is C27H24N2O5S. The third-order valence-electron chi connectivity index (χ3n) is 5.54. The van der Waals surface area contributed by atoms with Gasteiger partial charge in [0.2, 0.25) is 0 Å². The first-order chi connectivity index (χ1) is 16.8. The van der Waals surface area contributed by atoms with Crippen molar-refractivity contribution in [3.8, 4) is 0 Å². The summed E-state index contributed by atoms with van der Waals surface area (Å²) >= 11 is 0. The molecule has 1 atom stereocenters. The number of nitrogens with one attached hydrogen (secondary N) is 1. The molecule has 0 radical (unpaired) electrons. The zero-order chi connectivity index (χ0) is 25.0. The Morgan fingerprint density at radius 1 is 0.829 bits per heavy atom. The highest BCUT2D eigenvalue weighted by Crippen LogP contribution is 2.22. The molecule has 1 amide bonds. The van der Waals surface area contributed by atoms with E-state index in [2.05, 4.69) is 5.32 Å². The SMILES string of the molecule is C[C@@H](OC(=O)c1ccc(S(=O)(=O)N(C)c2ccccc2)cc1)C(=O)Nc1ccc2ccccc2c1. The molecule has 0 spiro atoms. The van der Waals surface area contributed by atoms with Crippen LogP contribution in [0.5, 0.6) is 0 Å². The molecule has 4 aromatic rings. The highest BCUT2D eigenvalue weighted by molar-refractivity contribution is 7.92. The van der Waals surface area contributed by atoms with E-state index in [9.17, 15) is 18.0 Å². The molecule has 4 aromatic carbocycles. The summed E-state index contributed by atoms with van der Waals surface area (Å²) in [5, 5.41) is 4.77. The number of esters is 1. The minimum atomic E-state index is -3.80. The van der Waals surface area contributed by atoms with E-state index in [0.29, 0.717) is 11.4 Å². The molecule has 7 nitrogen and oxygen atoms in total. The van der Waals surface area contributed by atoms with Gasteiger partial charge in [-0.1, -0.05) is 48.5 Å². The molecule has 0 unspecified atom stereocenters. The molecular weight excluding hydrogens is 464 g/mol. The fourth-order valence-corrected chi connectivity index (χ4v) is 4.69. The molecule has 1 N–H and O–H groups in total. The van der Waals surface area contributed by atoms with Crippen LogP contribution in [0.1, 0.15) is 17.3 Å². The summed E-state index contributed by atoms with van der Waals surface area (Å²) < 4.78 is 32.2.